The molecule has 0 aliphatic heterocycles. The first-order chi connectivity index (χ1) is 23.9. The lowest BCUT2D eigenvalue weighted by Gasteiger charge is -2.42. The van der Waals surface area contributed by atoms with E-state index < -0.39 is 5.97 Å². The van der Waals surface area contributed by atoms with E-state index in [9.17, 15) is 19.8 Å². The number of carbonyl (C=O) groups is 2. The molecule has 2 aromatic heterocycles. The number of benzene rings is 3. The van der Waals surface area contributed by atoms with Crippen LogP contribution >= 0.6 is 22.7 Å². The fourth-order valence-electron chi connectivity index (χ4n) is 6.56. The van der Waals surface area contributed by atoms with Gasteiger partial charge in [0.05, 0.1) is 20.0 Å². The molecule has 2 atom stereocenters. The van der Waals surface area contributed by atoms with Gasteiger partial charge in [-0.1, -0.05) is 82.3 Å². The van der Waals surface area contributed by atoms with Crippen LogP contribution in [-0.2, 0) is 31.8 Å². The number of aliphatic carboxylic acids is 1. The fourth-order valence-corrected chi connectivity index (χ4v) is 8.27. The molecular weight excluding hydrogens is 665 g/mol. The van der Waals surface area contributed by atoms with Crippen LogP contribution < -0.4 is 4.74 Å². The molecule has 2 heterocycles. The van der Waals surface area contributed by atoms with Crippen molar-refractivity contribution in [2.24, 2.45) is 0 Å². The van der Waals surface area contributed by atoms with E-state index in [0.717, 1.165) is 26.6 Å². The number of ether oxygens (including phenoxy) is 2. The van der Waals surface area contributed by atoms with Gasteiger partial charge in [0.15, 0.2) is 0 Å². The molecule has 1 aliphatic rings. The second-order valence-electron chi connectivity index (χ2n) is 14.1. The Kier molecular flexibility index (Phi) is 11.9. The molecule has 6 nitrogen and oxygen atoms in total. The maximum atomic E-state index is 11.5. The van der Waals surface area contributed by atoms with E-state index in [1.807, 2.05) is 71.4 Å². The van der Waals surface area contributed by atoms with Gasteiger partial charge in [0, 0.05) is 21.6 Å². The van der Waals surface area contributed by atoms with Gasteiger partial charge in [-0.2, -0.15) is 0 Å². The standard InChI is InChI=1S/C28H32O3S.C14H14O3S/c1-27(2)13-14-28(3,4)24-16-19(7-12-23(24)27)18-31-21-10-8-20(9-11-21)22(17-26(29)30)25-6-5-15-32-25;1-17-14(16)9-12(13-3-2-8-18-13)10-4-6-11(15)7-5-10/h5-12,15-16,22H,13-14,17-18H2,1-4H3,(H,29,30);2-8,12,15H,9H2,1H3/t22-;12-/m11/s1. The molecular formula is C42H46O6S2. The maximum absolute atomic E-state index is 11.5. The third kappa shape index (κ3) is 9.23. The second-order valence-corrected chi connectivity index (χ2v) is 16.1. The first-order valence-corrected chi connectivity index (χ1v) is 18.6. The van der Waals surface area contributed by atoms with Crippen LogP contribution in [0.25, 0.3) is 0 Å². The van der Waals surface area contributed by atoms with Crippen LogP contribution in [0.3, 0.4) is 0 Å². The van der Waals surface area contributed by atoms with Gasteiger partial charge >= 0.3 is 11.9 Å². The van der Waals surface area contributed by atoms with Gasteiger partial charge in [-0.25, -0.2) is 0 Å². The minimum Gasteiger partial charge on any atom is -0.508 e. The molecule has 0 radical (unpaired) electrons. The molecule has 0 unspecified atom stereocenters. The molecule has 0 fully saturated rings. The summed E-state index contributed by atoms with van der Waals surface area (Å²) in [4.78, 5) is 25.0. The predicted octanol–water partition coefficient (Wildman–Crippen LogP) is 10.4. The molecule has 2 N–H and O–H groups in total. The summed E-state index contributed by atoms with van der Waals surface area (Å²) in [6.45, 7) is 9.88. The van der Waals surface area contributed by atoms with Crippen LogP contribution in [0, 0.1) is 0 Å². The molecule has 3 aromatic carbocycles. The Hall–Kier alpha value is -4.40. The van der Waals surface area contributed by atoms with Crippen molar-refractivity contribution in [3.63, 3.8) is 0 Å². The maximum Gasteiger partial charge on any atom is 0.306 e. The van der Waals surface area contributed by atoms with E-state index in [-0.39, 0.29) is 40.8 Å². The van der Waals surface area contributed by atoms with Crippen molar-refractivity contribution in [1.82, 2.24) is 0 Å². The first-order valence-electron chi connectivity index (χ1n) is 16.9. The summed E-state index contributed by atoms with van der Waals surface area (Å²) in [6, 6.07) is 29.5. The van der Waals surface area contributed by atoms with Gasteiger partial charge in [-0.05, 0) is 98.6 Å². The number of hydrogen-bond donors (Lipinski definition) is 2. The number of carboxylic acids is 1. The average Bonchev–Trinajstić information content (AvgIpc) is 3.84. The minimum absolute atomic E-state index is 0.0157. The number of rotatable bonds is 11. The lowest BCUT2D eigenvalue weighted by molar-refractivity contribution is -0.141. The Bertz CT molecular complexity index is 1840. The zero-order chi connectivity index (χ0) is 35.9. The highest BCUT2D eigenvalue weighted by Gasteiger charge is 2.37. The van der Waals surface area contributed by atoms with Gasteiger partial charge in [-0.15, -0.1) is 22.7 Å². The number of thiophene rings is 2. The minimum atomic E-state index is -0.790. The van der Waals surface area contributed by atoms with Crippen LogP contribution in [0.1, 0.15) is 103 Å². The normalized spacial score (nSPS) is 15.5. The van der Waals surface area contributed by atoms with Crippen molar-refractivity contribution >= 4 is 34.6 Å². The van der Waals surface area contributed by atoms with E-state index >= 15 is 0 Å². The van der Waals surface area contributed by atoms with E-state index in [4.69, 9.17) is 9.47 Å². The zero-order valence-corrected chi connectivity index (χ0v) is 31.0. The number of phenols is 1. The highest BCUT2D eigenvalue weighted by molar-refractivity contribution is 7.10. The van der Waals surface area contributed by atoms with Crippen molar-refractivity contribution in [1.29, 1.82) is 0 Å². The Balaban J connectivity index is 0.000000228. The average molecular weight is 711 g/mol. The number of hydrogen-bond acceptors (Lipinski definition) is 7. The van der Waals surface area contributed by atoms with Gasteiger partial charge in [0.25, 0.3) is 0 Å². The van der Waals surface area contributed by atoms with Gasteiger partial charge in [-0.3, -0.25) is 9.59 Å². The van der Waals surface area contributed by atoms with Gasteiger partial charge in [0.1, 0.15) is 18.1 Å². The quantitative estimate of drug-likeness (QED) is 0.133. The Morgan fingerprint density at radius 2 is 1.28 bits per heavy atom. The van der Waals surface area contributed by atoms with Crippen LogP contribution in [0.2, 0.25) is 0 Å². The van der Waals surface area contributed by atoms with E-state index in [2.05, 4.69) is 45.9 Å². The second kappa shape index (κ2) is 16.1. The van der Waals surface area contributed by atoms with Crippen molar-refractivity contribution in [2.45, 2.75) is 82.7 Å². The highest BCUT2D eigenvalue weighted by Crippen LogP contribution is 2.46. The molecule has 50 heavy (non-hydrogen) atoms. The summed E-state index contributed by atoms with van der Waals surface area (Å²) in [7, 11) is 1.39. The number of esters is 1. The van der Waals surface area contributed by atoms with Crippen LogP contribution in [0.15, 0.2) is 102 Å². The topological polar surface area (TPSA) is 93.1 Å². The monoisotopic (exact) mass is 710 g/mol. The number of methoxy groups -OCH3 is 1. The summed E-state index contributed by atoms with van der Waals surface area (Å²) in [5, 5.41) is 22.6. The zero-order valence-electron chi connectivity index (χ0n) is 29.3. The summed E-state index contributed by atoms with van der Waals surface area (Å²) in [6.07, 6.45) is 2.80. The van der Waals surface area contributed by atoms with E-state index in [0.29, 0.717) is 13.0 Å². The molecule has 8 heteroatoms. The number of aromatic hydroxyl groups is 1. The predicted molar refractivity (Wildman–Crippen MR) is 202 cm³/mol. The van der Waals surface area contributed by atoms with Crippen LogP contribution in [0.5, 0.6) is 11.5 Å². The Morgan fingerprint density at radius 1 is 0.740 bits per heavy atom. The molecule has 0 spiro atoms. The molecule has 262 valence electrons. The lowest BCUT2D eigenvalue weighted by atomic mass is 9.63. The molecule has 0 amide bonds. The summed E-state index contributed by atoms with van der Waals surface area (Å²) in [5.74, 6) is -0.150. The smallest absolute Gasteiger partial charge is 0.306 e. The Labute approximate surface area is 303 Å². The van der Waals surface area contributed by atoms with E-state index in [1.165, 1.54) is 36.6 Å². The largest absolute Gasteiger partial charge is 0.508 e. The fraction of sp³-hybridized carbons (Fsp3) is 0.333. The molecule has 0 bridgehead atoms. The highest BCUT2D eigenvalue weighted by atomic mass is 32.1. The molecule has 0 saturated heterocycles. The molecule has 1 aliphatic carbocycles. The van der Waals surface area contributed by atoms with Crippen molar-refractivity contribution in [2.75, 3.05) is 7.11 Å². The van der Waals surface area contributed by atoms with Crippen molar-refractivity contribution < 1.29 is 29.3 Å². The first kappa shape index (κ1) is 36.9. The number of carbonyl (C=O) groups excluding carboxylic acids is 1. The third-order valence-electron chi connectivity index (χ3n) is 9.65. The van der Waals surface area contributed by atoms with Crippen molar-refractivity contribution in [3.05, 3.63) is 139 Å². The Morgan fingerprint density at radius 3 is 1.80 bits per heavy atom. The third-order valence-corrected chi connectivity index (χ3v) is 11.6. The van der Waals surface area contributed by atoms with E-state index in [1.54, 1.807) is 34.8 Å². The summed E-state index contributed by atoms with van der Waals surface area (Å²) in [5.41, 5.74) is 6.48. The number of carboxylic acid groups (broad SMARTS) is 1. The molecule has 0 saturated carbocycles. The summed E-state index contributed by atoms with van der Waals surface area (Å²) < 4.78 is 10.8. The number of phenolic OH excluding ortho intramolecular Hbond substituents is 1. The van der Waals surface area contributed by atoms with Crippen molar-refractivity contribution in [3.8, 4) is 11.5 Å². The lowest BCUT2D eigenvalue weighted by Crippen LogP contribution is -2.33. The van der Waals surface area contributed by atoms with Gasteiger partial charge in [0.2, 0.25) is 0 Å². The van der Waals surface area contributed by atoms with Crippen LogP contribution in [0.4, 0.5) is 0 Å². The molecule has 5 aromatic rings. The SMILES string of the molecule is CC1(C)CCC(C)(C)c2cc(COc3ccc([C@@H](CC(=O)O)c4cccs4)cc3)ccc21.COC(=O)C[C@H](c1ccc(O)cc1)c1cccs1. The van der Waals surface area contributed by atoms with Gasteiger partial charge < -0.3 is 19.7 Å². The molecule has 6 rings (SSSR count). The number of fused-ring (bicyclic) bond motifs is 1. The summed E-state index contributed by atoms with van der Waals surface area (Å²) >= 11 is 3.21. The van der Waals surface area contributed by atoms with Crippen LogP contribution in [-0.4, -0.2) is 29.3 Å².